The van der Waals surface area contributed by atoms with Crippen molar-refractivity contribution in [3.8, 4) is 11.5 Å². The molecule has 0 atom stereocenters. The monoisotopic (exact) mass is 276 g/mol. The molecule has 0 fully saturated rings. The molecule has 0 aliphatic heterocycles. The zero-order valence-corrected chi connectivity index (χ0v) is 12.6. The molecule has 0 aliphatic carbocycles. The quantitative estimate of drug-likeness (QED) is 0.359. The summed E-state index contributed by atoms with van der Waals surface area (Å²) in [7, 11) is -0.254. The van der Waals surface area contributed by atoms with Crippen molar-refractivity contribution in [3.63, 3.8) is 0 Å². The van der Waals surface area contributed by atoms with Crippen LogP contribution in [-0.4, -0.2) is 21.2 Å². The second-order valence-electron chi connectivity index (χ2n) is 5.06. The summed E-state index contributed by atoms with van der Waals surface area (Å²) in [5.41, 5.74) is 4.08. The van der Waals surface area contributed by atoms with Crippen LogP contribution in [0.2, 0.25) is 19.6 Å². The Balaban J connectivity index is 3.19. The minimum Gasteiger partial charge on any atom is -0.466 e. The SMILES string of the molecule is COC(=O)/C=C/c1c(F)cccc1C#C[Si](C)(C)C. The Bertz CT molecular complexity index is 560. The molecule has 19 heavy (non-hydrogen) atoms. The van der Waals surface area contributed by atoms with Crippen LogP contribution in [0.1, 0.15) is 11.1 Å². The summed E-state index contributed by atoms with van der Waals surface area (Å²) in [4.78, 5) is 11.1. The maximum absolute atomic E-state index is 13.8. The Hall–Kier alpha value is -1.86. The average Bonchev–Trinajstić information content (AvgIpc) is 2.33. The van der Waals surface area contributed by atoms with E-state index in [4.69, 9.17) is 0 Å². The summed E-state index contributed by atoms with van der Waals surface area (Å²) in [6.07, 6.45) is 2.59. The molecule has 1 aromatic rings. The Labute approximate surface area is 114 Å². The van der Waals surface area contributed by atoms with Gasteiger partial charge in [0, 0.05) is 17.2 Å². The topological polar surface area (TPSA) is 26.3 Å². The molecular weight excluding hydrogens is 259 g/mol. The normalized spacial score (nSPS) is 11.0. The number of esters is 1. The van der Waals surface area contributed by atoms with Crippen LogP contribution in [0.5, 0.6) is 0 Å². The molecule has 0 saturated carbocycles. The van der Waals surface area contributed by atoms with Crippen molar-refractivity contribution in [2.45, 2.75) is 19.6 Å². The van der Waals surface area contributed by atoms with Crippen molar-refractivity contribution in [1.29, 1.82) is 0 Å². The molecule has 100 valence electrons. The van der Waals surface area contributed by atoms with Gasteiger partial charge in [0.15, 0.2) is 0 Å². The number of halogens is 1. The van der Waals surface area contributed by atoms with Crippen LogP contribution in [0.15, 0.2) is 24.3 Å². The molecule has 0 aromatic heterocycles. The molecule has 1 aromatic carbocycles. The van der Waals surface area contributed by atoms with Crippen molar-refractivity contribution in [2.24, 2.45) is 0 Å². The number of carbonyl (C=O) groups is 1. The summed E-state index contributed by atoms with van der Waals surface area (Å²) in [6.45, 7) is 6.34. The first kappa shape index (κ1) is 15.2. The van der Waals surface area contributed by atoms with Crippen LogP contribution >= 0.6 is 0 Å². The molecule has 1 rings (SSSR count). The summed E-state index contributed by atoms with van der Waals surface area (Å²) in [6, 6.07) is 4.70. The number of hydrogen-bond donors (Lipinski definition) is 0. The zero-order chi connectivity index (χ0) is 14.5. The van der Waals surface area contributed by atoms with Crippen LogP contribution in [0.4, 0.5) is 4.39 Å². The molecule has 2 nitrogen and oxygen atoms in total. The van der Waals surface area contributed by atoms with Gasteiger partial charge in [0.25, 0.3) is 0 Å². The Morgan fingerprint density at radius 2 is 2.05 bits per heavy atom. The minimum atomic E-state index is -1.53. The van der Waals surface area contributed by atoms with Crippen molar-refractivity contribution in [2.75, 3.05) is 7.11 Å². The Morgan fingerprint density at radius 1 is 1.37 bits per heavy atom. The van der Waals surface area contributed by atoms with E-state index < -0.39 is 19.9 Å². The predicted molar refractivity (Wildman–Crippen MR) is 77.7 cm³/mol. The lowest BCUT2D eigenvalue weighted by atomic mass is 10.1. The molecule has 4 heteroatoms. The second-order valence-corrected chi connectivity index (χ2v) is 9.81. The molecule has 0 heterocycles. The molecule has 0 radical (unpaired) electrons. The highest BCUT2D eigenvalue weighted by Crippen LogP contribution is 2.15. The van der Waals surface area contributed by atoms with Gasteiger partial charge in [-0.05, 0) is 18.2 Å². The second kappa shape index (κ2) is 6.35. The van der Waals surface area contributed by atoms with Gasteiger partial charge in [-0.25, -0.2) is 9.18 Å². The summed E-state index contributed by atoms with van der Waals surface area (Å²) in [5, 5.41) is 0. The maximum Gasteiger partial charge on any atom is 0.330 e. The third kappa shape index (κ3) is 5.10. The maximum atomic E-state index is 13.8. The molecule has 0 N–H and O–H groups in total. The number of rotatable bonds is 2. The van der Waals surface area contributed by atoms with E-state index in [1.807, 2.05) is 0 Å². The van der Waals surface area contributed by atoms with Crippen LogP contribution in [0.3, 0.4) is 0 Å². The fourth-order valence-corrected chi connectivity index (χ4v) is 1.80. The average molecular weight is 276 g/mol. The first-order chi connectivity index (χ1) is 8.83. The van der Waals surface area contributed by atoms with E-state index in [-0.39, 0.29) is 0 Å². The Kier molecular flexibility index (Phi) is 5.08. The molecule has 0 bridgehead atoms. The van der Waals surface area contributed by atoms with Gasteiger partial charge in [-0.3, -0.25) is 0 Å². The molecule has 0 unspecified atom stereocenters. The lowest BCUT2D eigenvalue weighted by Gasteiger charge is -2.05. The molecule has 0 saturated heterocycles. The van der Waals surface area contributed by atoms with E-state index in [0.717, 1.165) is 0 Å². The number of carbonyl (C=O) groups excluding carboxylic acids is 1. The molecule has 0 spiro atoms. The lowest BCUT2D eigenvalue weighted by Crippen LogP contribution is -2.16. The summed E-state index contributed by atoms with van der Waals surface area (Å²) in [5.74, 6) is 2.08. The summed E-state index contributed by atoms with van der Waals surface area (Å²) < 4.78 is 18.3. The van der Waals surface area contributed by atoms with Crippen molar-refractivity contribution >= 4 is 20.1 Å². The van der Waals surface area contributed by atoms with Gasteiger partial charge < -0.3 is 4.74 Å². The minimum absolute atomic E-state index is 0.318. The molecule has 0 amide bonds. The van der Waals surface area contributed by atoms with E-state index in [0.29, 0.717) is 11.1 Å². The van der Waals surface area contributed by atoms with Gasteiger partial charge in [0.1, 0.15) is 13.9 Å². The highest BCUT2D eigenvalue weighted by molar-refractivity contribution is 6.83. The highest BCUT2D eigenvalue weighted by atomic mass is 28.3. The highest BCUT2D eigenvalue weighted by Gasteiger charge is 2.09. The van der Waals surface area contributed by atoms with E-state index in [9.17, 15) is 9.18 Å². The zero-order valence-electron chi connectivity index (χ0n) is 11.6. The third-order valence-corrected chi connectivity index (χ3v) is 3.09. The third-order valence-electron chi connectivity index (χ3n) is 2.21. The van der Waals surface area contributed by atoms with Gasteiger partial charge in [0.05, 0.1) is 7.11 Å². The van der Waals surface area contributed by atoms with Crippen LogP contribution in [0.25, 0.3) is 6.08 Å². The fourth-order valence-electron chi connectivity index (χ4n) is 1.29. The van der Waals surface area contributed by atoms with E-state index in [2.05, 4.69) is 35.8 Å². The van der Waals surface area contributed by atoms with E-state index >= 15 is 0 Å². The standard InChI is InChI=1S/C15H17FO2Si/c1-18-15(17)9-8-13-12(6-5-7-14(13)16)10-11-19(2,3)4/h5-9H,1-4H3/b9-8+. The van der Waals surface area contributed by atoms with Crippen LogP contribution in [0, 0.1) is 17.3 Å². The molecule has 0 aliphatic rings. The predicted octanol–water partition coefficient (Wildman–Crippen LogP) is 3.24. The summed E-state index contributed by atoms with van der Waals surface area (Å²) >= 11 is 0. The van der Waals surface area contributed by atoms with Gasteiger partial charge >= 0.3 is 5.97 Å². The van der Waals surface area contributed by atoms with Crippen LogP contribution in [-0.2, 0) is 9.53 Å². The van der Waals surface area contributed by atoms with Crippen molar-refractivity contribution in [3.05, 3.63) is 41.2 Å². The van der Waals surface area contributed by atoms with Gasteiger partial charge in [-0.2, -0.15) is 0 Å². The Morgan fingerprint density at radius 3 is 2.63 bits per heavy atom. The first-order valence-electron chi connectivity index (χ1n) is 5.91. The number of benzene rings is 1. The van der Waals surface area contributed by atoms with Gasteiger partial charge in [-0.15, -0.1) is 5.54 Å². The first-order valence-corrected chi connectivity index (χ1v) is 9.41. The van der Waals surface area contributed by atoms with Crippen molar-refractivity contribution in [1.82, 2.24) is 0 Å². The van der Waals surface area contributed by atoms with Gasteiger partial charge in [-0.1, -0.05) is 31.6 Å². The van der Waals surface area contributed by atoms with Crippen LogP contribution < -0.4 is 0 Å². The van der Waals surface area contributed by atoms with E-state index in [1.54, 1.807) is 12.1 Å². The smallest absolute Gasteiger partial charge is 0.330 e. The lowest BCUT2D eigenvalue weighted by molar-refractivity contribution is -0.134. The number of methoxy groups -OCH3 is 1. The molecular formula is C15H17FO2Si. The number of ether oxygens (including phenoxy) is 1. The largest absolute Gasteiger partial charge is 0.466 e. The van der Waals surface area contributed by atoms with E-state index in [1.165, 1.54) is 25.3 Å². The number of hydrogen-bond acceptors (Lipinski definition) is 2. The fraction of sp³-hybridized carbons (Fsp3) is 0.267. The van der Waals surface area contributed by atoms with Crippen molar-refractivity contribution < 1.29 is 13.9 Å². The van der Waals surface area contributed by atoms with Gasteiger partial charge in [0.2, 0.25) is 0 Å².